The Hall–Kier alpha value is -4.26. The summed E-state index contributed by atoms with van der Waals surface area (Å²) >= 11 is 0. The smallest absolute Gasteiger partial charge is 0.275 e. The van der Waals surface area contributed by atoms with Crippen molar-refractivity contribution in [2.45, 2.75) is 6.42 Å². The van der Waals surface area contributed by atoms with Gasteiger partial charge in [-0.2, -0.15) is 0 Å². The zero-order chi connectivity index (χ0) is 20.5. The summed E-state index contributed by atoms with van der Waals surface area (Å²) in [5.41, 5.74) is 10.9. The van der Waals surface area contributed by atoms with Gasteiger partial charge in [-0.3, -0.25) is 9.78 Å². The molecule has 0 spiro atoms. The van der Waals surface area contributed by atoms with Gasteiger partial charge in [-0.25, -0.2) is 9.97 Å². The fraction of sp³-hybridized carbons (Fsp3) is 0.0435. The molecule has 5 rings (SSSR count). The van der Waals surface area contributed by atoms with Crippen molar-refractivity contribution in [1.29, 1.82) is 0 Å². The number of hydrogen-bond acceptors (Lipinski definition) is 5. The minimum Gasteiger partial charge on any atom is -0.382 e. The van der Waals surface area contributed by atoms with E-state index in [0.717, 1.165) is 27.5 Å². The molecule has 1 amide bonds. The van der Waals surface area contributed by atoms with Crippen molar-refractivity contribution in [2.75, 3.05) is 11.1 Å². The minimum absolute atomic E-state index is 0.259. The van der Waals surface area contributed by atoms with Crippen molar-refractivity contribution in [3.05, 3.63) is 90.1 Å². The van der Waals surface area contributed by atoms with E-state index in [2.05, 4.69) is 37.4 Å². The topological polar surface area (TPSA) is 110 Å². The van der Waals surface area contributed by atoms with Gasteiger partial charge in [-0.05, 0) is 29.8 Å². The van der Waals surface area contributed by atoms with Crippen LogP contribution in [0.3, 0.4) is 0 Å². The number of anilines is 2. The molecule has 0 aliphatic carbocycles. The van der Waals surface area contributed by atoms with Crippen LogP contribution >= 0.6 is 0 Å². The average Bonchev–Trinajstić information content (AvgIpc) is 3.14. The summed E-state index contributed by atoms with van der Waals surface area (Å²) in [5.74, 6) is 0.146. The number of benzene rings is 2. The number of amides is 1. The second-order valence-electron chi connectivity index (χ2n) is 7.01. The average molecular weight is 394 g/mol. The van der Waals surface area contributed by atoms with Crippen LogP contribution in [0, 0.1) is 0 Å². The molecule has 5 aromatic rings. The van der Waals surface area contributed by atoms with Crippen LogP contribution in [0.2, 0.25) is 0 Å². The molecule has 2 aromatic carbocycles. The summed E-state index contributed by atoms with van der Waals surface area (Å²) in [6.45, 7) is 0. The van der Waals surface area contributed by atoms with E-state index >= 15 is 0 Å². The molecule has 0 fully saturated rings. The predicted octanol–water partition coefficient (Wildman–Crippen LogP) is 3.93. The molecule has 3 aromatic heterocycles. The molecule has 0 radical (unpaired) electrons. The van der Waals surface area contributed by atoms with Crippen LogP contribution in [0.1, 0.15) is 21.7 Å². The lowest BCUT2D eigenvalue weighted by Gasteiger charge is -2.05. The lowest BCUT2D eigenvalue weighted by atomic mass is 10.1. The number of aromatic amines is 1. The van der Waals surface area contributed by atoms with Crippen LogP contribution in [0.25, 0.3) is 21.8 Å². The third-order valence-electron chi connectivity index (χ3n) is 4.95. The van der Waals surface area contributed by atoms with E-state index in [9.17, 15) is 4.79 Å². The molecular formula is C23H18N6O. The fourth-order valence-corrected chi connectivity index (χ4v) is 3.56. The van der Waals surface area contributed by atoms with Crippen molar-refractivity contribution in [1.82, 2.24) is 19.9 Å². The number of fused-ring (bicyclic) bond motifs is 3. The molecule has 0 saturated heterocycles. The summed E-state index contributed by atoms with van der Waals surface area (Å²) in [5, 5.41) is 4.81. The molecule has 0 bridgehead atoms. The first kappa shape index (κ1) is 17.8. The van der Waals surface area contributed by atoms with Crippen LogP contribution in [-0.4, -0.2) is 25.8 Å². The predicted molar refractivity (Wildman–Crippen MR) is 117 cm³/mol. The number of rotatable bonds is 4. The van der Waals surface area contributed by atoms with Crippen LogP contribution in [0.5, 0.6) is 0 Å². The highest BCUT2D eigenvalue weighted by Crippen LogP contribution is 2.31. The Balaban J connectivity index is 1.53. The van der Waals surface area contributed by atoms with Gasteiger partial charge in [-0.15, -0.1) is 0 Å². The molecule has 7 nitrogen and oxygen atoms in total. The Morgan fingerprint density at radius 2 is 1.90 bits per heavy atom. The number of carbonyl (C=O) groups excluding carboxylic acids is 1. The van der Waals surface area contributed by atoms with Crippen molar-refractivity contribution in [3.8, 4) is 0 Å². The van der Waals surface area contributed by atoms with Gasteiger partial charge in [0.2, 0.25) is 0 Å². The highest BCUT2D eigenvalue weighted by atomic mass is 16.1. The molecule has 0 unspecified atom stereocenters. The number of nitrogens with two attached hydrogens (primary N) is 1. The van der Waals surface area contributed by atoms with Gasteiger partial charge in [0.05, 0.1) is 11.7 Å². The van der Waals surface area contributed by atoms with Crippen molar-refractivity contribution in [2.24, 2.45) is 0 Å². The van der Waals surface area contributed by atoms with Gasteiger partial charge >= 0.3 is 0 Å². The molecule has 0 aliphatic heterocycles. The number of hydrogen-bond donors (Lipinski definition) is 3. The quantitative estimate of drug-likeness (QED) is 0.428. The second kappa shape index (κ2) is 7.29. The molecular weight excluding hydrogens is 376 g/mol. The van der Waals surface area contributed by atoms with Crippen LogP contribution in [0.4, 0.5) is 11.5 Å². The Morgan fingerprint density at radius 3 is 2.70 bits per heavy atom. The highest BCUT2D eigenvalue weighted by molar-refractivity contribution is 6.12. The largest absolute Gasteiger partial charge is 0.382 e. The number of pyridine rings is 1. The normalized spacial score (nSPS) is 11.1. The zero-order valence-corrected chi connectivity index (χ0v) is 16.0. The molecule has 7 heteroatoms. The Morgan fingerprint density at radius 1 is 1.03 bits per heavy atom. The van der Waals surface area contributed by atoms with E-state index in [1.54, 1.807) is 0 Å². The van der Waals surface area contributed by atoms with E-state index in [4.69, 9.17) is 5.73 Å². The summed E-state index contributed by atoms with van der Waals surface area (Å²) in [6, 6.07) is 17.9. The van der Waals surface area contributed by atoms with Gasteiger partial charge in [-0.1, -0.05) is 30.3 Å². The number of nitrogen functional groups attached to an aromatic ring is 1. The second-order valence-corrected chi connectivity index (χ2v) is 7.01. The maximum Gasteiger partial charge on any atom is 0.275 e. The molecule has 0 atom stereocenters. The van der Waals surface area contributed by atoms with E-state index in [0.29, 0.717) is 17.9 Å². The monoisotopic (exact) mass is 394 g/mol. The van der Waals surface area contributed by atoms with Gasteiger partial charge in [0.15, 0.2) is 0 Å². The first-order chi connectivity index (χ1) is 14.7. The molecule has 4 N–H and O–H groups in total. The fourth-order valence-electron chi connectivity index (χ4n) is 3.56. The maximum atomic E-state index is 12.4. The summed E-state index contributed by atoms with van der Waals surface area (Å²) < 4.78 is 0. The first-order valence-corrected chi connectivity index (χ1v) is 9.49. The summed E-state index contributed by atoms with van der Waals surface area (Å²) in [6.07, 6.45) is 5.14. The first-order valence-electron chi connectivity index (χ1n) is 9.49. The molecule has 30 heavy (non-hydrogen) atoms. The minimum atomic E-state index is -0.312. The number of aromatic nitrogens is 4. The number of H-pyrrole nitrogens is 1. The van der Waals surface area contributed by atoms with Crippen LogP contribution in [-0.2, 0) is 6.42 Å². The van der Waals surface area contributed by atoms with Gasteiger partial charge in [0, 0.05) is 46.5 Å². The van der Waals surface area contributed by atoms with E-state index < -0.39 is 0 Å². The molecule has 146 valence electrons. The van der Waals surface area contributed by atoms with E-state index in [-0.39, 0.29) is 11.6 Å². The van der Waals surface area contributed by atoms with Gasteiger partial charge in [0.25, 0.3) is 5.91 Å². The van der Waals surface area contributed by atoms with Crippen LogP contribution < -0.4 is 11.1 Å². The summed E-state index contributed by atoms with van der Waals surface area (Å²) in [7, 11) is 0. The van der Waals surface area contributed by atoms with E-state index in [1.165, 1.54) is 24.2 Å². The lowest BCUT2D eigenvalue weighted by Crippen LogP contribution is -2.13. The Kier molecular flexibility index (Phi) is 4.33. The highest BCUT2D eigenvalue weighted by Gasteiger charge is 2.13. The van der Waals surface area contributed by atoms with Crippen molar-refractivity contribution in [3.63, 3.8) is 0 Å². The van der Waals surface area contributed by atoms with Crippen molar-refractivity contribution >= 4 is 39.2 Å². The Bertz CT molecular complexity index is 1360. The number of nitrogens with one attached hydrogen (secondary N) is 2. The van der Waals surface area contributed by atoms with Gasteiger partial charge < -0.3 is 16.0 Å². The standard InChI is InChI=1S/C23H18N6O/c24-22-21-18(12-16(27-22)10-14-4-2-1-3-5-14)17-11-15(6-7-19(17)29-21)28-23(30)20-13-25-8-9-26-20/h1-9,11-13,29H,10H2,(H2,24,27)(H,28,30). The lowest BCUT2D eigenvalue weighted by molar-refractivity contribution is 0.102. The maximum absolute atomic E-state index is 12.4. The molecule has 0 aliphatic rings. The SMILES string of the molecule is Nc1nc(Cc2ccccc2)cc2c1[nH]c1ccc(NC(=O)c3cnccn3)cc12. The summed E-state index contributed by atoms with van der Waals surface area (Å²) in [4.78, 5) is 28.3. The van der Waals surface area contributed by atoms with Crippen LogP contribution in [0.15, 0.2) is 73.2 Å². The third-order valence-corrected chi connectivity index (χ3v) is 4.95. The zero-order valence-electron chi connectivity index (χ0n) is 16.0. The van der Waals surface area contributed by atoms with Gasteiger partial charge in [0.1, 0.15) is 11.5 Å². The molecule has 3 heterocycles. The van der Waals surface area contributed by atoms with E-state index in [1.807, 2.05) is 42.5 Å². The Labute approximate surface area is 172 Å². The third kappa shape index (κ3) is 3.33. The van der Waals surface area contributed by atoms with Crippen molar-refractivity contribution < 1.29 is 4.79 Å². The number of nitrogens with zero attached hydrogens (tertiary/aromatic N) is 3. The number of carbonyl (C=O) groups is 1. The molecule has 0 saturated carbocycles.